The minimum Gasteiger partial charge on any atom is -0.383 e. The van der Waals surface area contributed by atoms with Gasteiger partial charge >= 0.3 is 0 Å². The summed E-state index contributed by atoms with van der Waals surface area (Å²) in [5.41, 5.74) is 13.1. The number of benzene rings is 2. The summed E-state index contributed by atoms with van der Waals surface area (Å²) in [4.78, 5) is 4.50. The van der Waals surface area contributed by atoms with Crippen molar-refractivity contribution in [2.24, 2.45) is 0 Å². The highest BCUT2D eigenvalue weighted by Gasteiger charge is 2.22. The summed E-state index contributed by atoms with van der Waals surface area (Å²) in [6.45, 7) is 4.68. The molecule has 0 radical (unpaired) electrons. The molecule has 0 saturated carbocycles. The smallest absolute Gasteiger partial charge is 0.146 e. The van der Waals surface area contributed by atoms with E-state index in [0.29, 0.717) is 18.3 Å². The van der Waals surface area contributed by atoms with E-state index in [1.54, 1.807) is 0 Å². The molecule has 4 heterocycles. The number of rotatable bonds is 4. The van der Waals surface area contributed by atoms with E-state index in [1.165, 1.54) is 11.3 Å². The van der Waals surface area contributed by atoms with E-state index >= 15 is 0 Å². The van der Waals surface area contributed by atoms with Crippen molar-refractivity contribution < 1.29 is 0 Å². The Morgan fingerprint density at radius 2 is 1.85 bits per heavy atom. The Balaban J connectivity index is 1.44. The number of nitrogen functional groups attached to an aromatic ring is 1. The van der Waals surface area contributed by atoms with Crippen molar-refractivity contribution >= 4 is 22.2 Å². The molecule has 1 aliphatic heterocycles. The van der Waals surface area contributed by atoms with Crippen molar-refractivity contribution in [1.29, 1.82) is 0 Å². The van der Waals surface area contributed by atoms with Crippen LogP contribution in [0, 0.1) is 6.92 Å². The fourth-order valence-corrected chi connectivity index (χ4v) is 4.94. The molecule has 33 heavy (non-hydrogen) atoms. The molecule has 0 spiro atoms. The van der Waals surface area contributed by atoms with Crippen LogP contribution >= 0.6 is 0 Å². The molecule has 166 valence electrons. The molecular weight excluding hydrogens is 410 g/mol. The van der Waals surface area contributed by atoms with Gasteiger partial charge in [0.1, 0.15) is 11.6 Å². The number of hydrogen-bond donors (Lipinski definition) is 2. The van der Waals surface area contributed by atoms with Crippen LogP contribution in [-0.4, -0.2) is 37.5 Å². The number of aromatic nitrogens is 5. The Hall–Kier alpha value is -3.71. The maximum Gasteiger partial charge on any atom is 0.146 e. The lowest BCUT2D eigenvalue weighted by Gasteiger charge is -2.22. The maximum absolute atomic E-state index is 6.45. The molecule has 7 heteroatoms. The third-order valence-electron chi connectivity index (χ3n) is 6.68. The second kappa shape index (κ2) is 8.01. The molecule has 1 fully saturated rings. The molecule has 0 bridgehead atoms. The highest BCUT2D eigenvalue weighted by Crippen LogP contribution is 2.35. The zero-order valence-electron chi connectivity index (χ0n) is 18.7. The van der Waals surface area contributed by atoms with Crippen molar-refractivity contribution in [1.82, 2.24) is 29.7 Å². The second-order valence-electron chi connectivity index (χ2n) is 8.87. The summed E-state index contributed by atoms with van der Waals surface area (Å²) in [7, 11) is 0. The molecule has 2 aromatic carbocycles. The van der Waals surface area contributed by atoms with Crippen LogP contribution in [0.15, 0.2) is 60.8 Å². The van der Waals surface area contributed by atoms with Crippen LogP contribution in [0.3, 0.4) is 0 Å². The van der Waals surface area contributed by atoms with Gasteiger partial charge in [-0.2, -0.15) is 10.2 Å². The summed E-state index contributed by atoms with van der Waals surface area (Å²) < 4.78 is 3.98. The van der Waals surface area contributed by atoms with Crippen molar-refractivity contribution in [3.8, 4) is 11.1 Å². The average Bonchev–Trinajstić information content (AvgIpc) is 3.37. The summed E-state index contributed by atoms with van der Waals surface area (Å²) in [6.07, 6.45) is 4.18. The second-order valence-corrected chi connectivity index (χ2v) is 8.87. The van der Waals surface area contributed by atoms with Crippen LogP contribution in [0.1, 0.15) is 35.8 Å². The number of nitrogens with one attached hydrogen (secondary N) is 1. The predicted octanol–water partition coefficient (Wildman–Crippen LogP) is 4.15. The normalized spacial score (nSPS) is 14.9. The summed E-state index contributed by atoms with van der Waals surface area (Å²) in [5, 5.41) is 14.0. The standard InChI is InChI=1S/C26H27N7/c1-17-29-15-25-22(14-24(33(25)30-17)19-9-11-28-12-10-19)20-7-8-21-23(13-20)31-32(26(21)27)16-18-5-3-2-4-6-18/h2-8,13-15,19,28H,9-12,16,27H2,1H3. The first kappa shape index (κ1) is 19.9. The van der Waals surface area contributed by atoms with Gasteiger partial charge in [0, 0.05) is 22.6 Å². The lowest BCUT2D eigenvalue weighted by atomic mass is 9.94. The van der Waals surface area contributed by atoms with Crippen LogP contribution in [0.4, 0.5) is 5.82 Å². The van der Waals surface area contributed by atoms with Crippen molar-refractivity contribution in [3.63, 3.8) is 0 Å². The molecule has 0 atom stereocenters. The number of nitrogens with two attached hydrogens (primary N) is 1. The number of anilines is 1. The zero-order valence-corrected chi connectivity index (χ0v) is 18.7. The largest absolute Gasteiger partial charge is 0.383 e. The predicted molar refractivity (Wildman–Crippen MR) is 131 cm³/mol. The molecule has 0 unspecified atom stereocenters. The molecule has 1 saturated heterocycles. The molecule has 0 aliphatic carbocycles. The van der Waals surface area contributed by atoms with Crippen LogP contribution in [0.25, 0.3) is 27.5 Å². The molecule has 3 N–H and O–H groups in total. The van der Waals surface area contributed by atoms with Gasteiger partial charge in [-0.1, -0.05) is 36.4 Å². The SMILES string of the molecule is Cc1ncc2c(-c3ccc4c(N)n(Cc5ccccc5)nc4c3)cc(C3CCNCC3)n2n1. The van der Waals surface area contributed by atoms with E-state index in [4.69, 9.17) is 15.9 Å². The fraction of sp³-hybridized carbons (Fsp3) is 0.269. The Labute approximate surface area is 192 Å². The lowest BCUT2D eigenvalue weighted by Crippen LogP contribution is -2.27. The van der Waals surface area contributed by atoms with Gasteiger partial charge in [-0.3, -0.25) is 0 Å². The number of hydrogen-bond acceptors (Lipinski definition) is 5. The Kier molecular flexibility index (Phi) is 4.84. The highest BCUT2D eigenvalue weighted by molar-refractivity contribution is 5.94. The molecule has 5 aromatic rings. The molecule has 1 aliphatic rings. The van der Waals surface area contributed by atoms with Gasteiger partial charge < -0.3 is 11.1 Å². The fourth-order valence-electron chi connectivity index (χ4n) is 4.94. The number of aryl methyl sites for hydroxylation is 1. The van der Waals surface area contributed by atoms with Crippen LogP contribution in [0.5, 0.6) is 0 Å². The van der Waals surface area contributed by atoms with E-state index in [1.807, 2.05) is 36.0 Å². The van der Waals surface area contributed by atoms with E-state index in [0.717, 1.165) is 59.3 Å². The van der Waals surface area contributed by atoms with E-state index in [2.05, 4.69) is 51.2 Å². The van der Waals surface area contributed by atoms with Gasteiger partial charge in [0.05, 0.1) is 23.8 Å². The third-order valence-corrected chi connectivity index (χ3v) is 6.68. The van der Waals surface area contributed by atoms with Gasteiger partial charge in [-0.25, -0.2) is 14.2 Å². The number of fused-ring (bicyclic) bond motifs is 2. The first-order chi connectivity index (χ1) is 16.2. The minimum atomic E-state index is 0.492. The Morgan fingerprint density at radius 3 is 2.67 bits per heavy atom. The average molecular weight is 438 g/mol. The Bertz CT molecular complexity index is 1440. The lowest BCUT2D eigenvalue weighted by molar-refractivity contribution is 0.447. The zero-order chi connectivity index (χ0) is 22.4. The monoisotopic (exact) mass is 437 g/mol. The maximum atomic E-state index is 6.45. The number of piperidine rings is 1. The molecular formula is C26H27N7. The van der Waals surface area contributed by atoms with Crippen LogP contribution < -0.4 is 11.1 Å². The molecule has 3 aromatic heterocycles. The topological polar surface area (TPSA) is 86.1 Å². The van der Waals surface area contributed by atoms with Crippen molar-refractivity contribution in [3.05, 3.63) is 77.9 Å². The molecule has 0 amide bonds. The molecule has 7 nitrogen and oxygen atoms in total. The van der Waals surface area contributed by atoms with Crippen LogP contribution in [-0.2, 0) is 6.54 Å². The van der Waals surface area contributed by atoms with E-state index in [-0.39, 0.29) is 0 Å². The first-order valence-corrected chi connectivity index (χ1v) is 11.5. The van der Waals surface area contributed by atoms with Gasteiger partial charge in [-0.05, 0) is 62.2 Å². The highest BCUT2D eigenvalue weighted by atomic mass is 15.3. The van der Waals surface area contributed by atoms with Gasteiger partial charge in [0.2, 0.25) is 0 Å². The third kappa shape index (κ3) is 3.54. The van der Waals surface area contributed by atoms with Crippen molar-refractivity contribution in [2.75, 3.05) is 18.8 Å². The van der Waals surface area contributed by atoms with Crippen molar-refractivity contribution in [2.45, 2.75) is 32.2 Å². The summed E-state index contributed by atoms with van der Waals surface area (Å²) >= 11 is 0. The van der Waals surface area contributed by atoms with Gasteiger partial charge in [0.15, 0.2) is 0 Å². The van der Waals surface area contributed by atoms with E-state index < -0.39 is 0 Å². The minimum absolute atomic E-state index is 0.492. The summed E-state index contributed by atoms with van der Waals surface area (Å²) in [5.74, 6) is 1.96. The summed E-state index contributed by atoms with van der Waals surface area (Å²) in [6, 6.07) is 18.9. The van der Waals surface area contributed by atoms with Gasteiger partial charge in [-0.15, -0.1) is 0 Å². The quantitative estimate of drug-likeness (QED) is 0.441. The molecule has 6 rings (SSSR count). The van der Waals surface area contributed by atoms with Gasteiger partial charge in [0.25, 0.3) is 0 Å². The van der Waals surface area contributed by atoms with Crippen LogP contribution in [0.2, 0.25) is 0 Å². The van der Waals surface area contributed by atoms with E-state index in [9.17, 15) is 0 Å². The Morgan fingerprint density at radius 1 is 1.03 bits per heavy atom. The first-order valence-electron chi connectivity index (χ1n) is 11.5. The number of nitrogens with zero attached hydrogens (tertiary/aromatic N) is 5.